The quantitative estimate of drug-likeness (QED) is 0.576. The summed E-state index contributed by atoms with van der Waals surface area (Å²) in [7, 11) is 0. The van der Waals surface area contributed by atoms with Gasteiger partial charge in [-0.25, -0.2) is 0 Å². The van der Waals surface area contributed by atoms with E-state index in [2.05, 4.69) is 26.1 Å². The van der Waals surface area contributed by atoms with E-state index in [1.54, 1.807) is 0 Å². The highest BCUT2D eigenvalue weighted by molar-refractivity contribution is 5.85. The lowest BCUT2D eigenvalue weighted by molar-refractivity contribution is -0.126. The Morgan fingerprint density at radius 3 is 2.71 bits per heavy atom. The first kappa shape index (κ1) is 18.4. The van der Waals surface area contributed by atoms with Crippen LogP contribution in [0.2, 0.25) is 0 Å². The molecule has 0 bridgehead atoms. The lowest BCUT2D eigenvalue weighted by Crippen LogP contribution is -2.60. The maximum Gasteiger partial charge on any atom is 0.238 e. The van der Waals surface area contributed by atoms with Crippen molar-refractivity contribution in [3.63, 3.8) is 0 Å². The molecule has 0 aromatic carbocycles. The minimum atomic E-state index is -0.514. The third-order valence-corrected chi connectivity index (χ3v) is 4.56. The van der Waals surface area contributed by atoms with E-state index in [1.165, 1.54) is 19.3 Å². The molecule has 1 rings (SSSR count). The van der Waals surface area contributed by atoms with Crippen LogP contribution in [0, 0.1) is 5.92 Å². The van der Waals surface area contributed by atoms with Crippen molar-refractivity contribution in [1.29, 1.82) is 0 Å². The Morgan fingerprint density at radius 2 is 2.10 bits per heavy atom. The van der Waals surface area contributed by atoms with Crippen molar-refractivity contribution < 1.29 is 9.53 Å². The number of ether oxygens (including phenoxy) is 1. The fraction of sp³-hybridized carbons (Fsp3) is 0.941. The summed E-state index contributed by atoms with van der Waals surface area (Å²) in [5.74, 6) is 0.120. The number of hydrogen-bond donors (Lipinski definition) is 2. The molecule has 1 fully saturated rings. The van der Waals surface area contributed by atoms with E-state index in [0.717, 1.165) is 45.3 Å². The van der Waals surface area contributed by atoms with Gasteiger partial charge in [-0.05, 0) is 45.4 Å². The maximum absolute atomic E-state index is 12.0. The Balaban J connectivity index is 2.36. The molecule has 0 aromatic heterocycles. The van der Waals surface area contributed by atoms with E-state index in [1.807, 2.05) is 0 Å². The van der Waals surface area contributed by atoms with Crippen LogP contribution in [0.15, 0.2) is 0 Å². The average molecular weight is 298 g/mol. The fourth-order valence-electron chi connectivity index (χ4n) is 3.53. The van der Waals surface area contributed by atoms with Gasteiger partial charge in [0.2, 0.25) is 5.91 Å². The summed E-state index contributed by atoms with van der Waals surface area (Å²) in [4.78, 5) is 12.0. The van der Waals surface area contributed by atoms with Gasteiger partial charge in [0.25, 0.3) is 0 Å². The molecule has 2 atom stereocenters. The van der Waals surface area contributed by atoms with Crippen molar-refractivity contribution in [3.8, 4) is 0 Å². The van der Waals surface area contributed by atoms with Gasteiger partial charge in [-0.15, -0.1) is 0 Å². The number of nitrogens with two attached hydrogens (primary N) is 1. The third-order valence-electron chi connectivity index (χ3n) is 4.56. The Hall–Kier alpha value is -0.610. The monoisotopic (exact) mass is 298 g/mol. The van der Waals surface area contributed by atoms with E-state index >= 15 is 0 Å². The summed E-state index contributed by atoms with van der Waals surface area (Å²) in [5, 5.41) is 3.44. The van der Waals surface area contributed by atoms with Gasteiger partial charge in [-0.3, -0.25) is 4.79 Å². The maximum atomic E-state index is 12.0. The van der Waals surface area contributed by atoms with Gasteiger partial charge in [0.15, 0.2) is 0 Å². The highest BCUT2D eigenvalue weighted by Crippen LogP contribution is 2.38. The highest BCUT2D eigenvalue weighted by atomic mass is 16.5. The molecular weight excluding hydrogens is 264 g/mol. The van der Waals surface area contributed by atoms with E-state index < -0.39 is 5.54 Å². The van der Waals surface area contributed by atoms with Gasteiger partial charge >= 0.3 is 0 Å². The zero-order chi connectivity index (χ0) is 15.7. The lowest BCUT2D eigenvalue weighted by atomic mass is 9.83. The van der Waals surface area contributed by atoms with Gasteiger partial charge < -0.3 is 15.8 Å². The lowest BCUT2D eigenvalue weighted by Gasteiger charge is -2.35. The van der Waals surface area contributed by atoms with Crippen LogP contribution in [-0.2, 0) is 9.53 Å². The molecule has 1 saturated carbocycles. The van der Waals surface area contributed by atoms with Crippen LogP contribution in [0.4, 0.5) is 0 Å². The van der Waals surface area contributed by atoms with Gasteiger partial charge in [0.05, 0.1) is 0 Å². The zero-order valence-corrected chi connectivity index (χ0v) is 14.1. The molecule has 0 saturated heterocycles. The third kappa shape index (κ3) is 5.59. The Morgan fingerprint density at radius 1 is 1.33 bits per heavy atom. The second-order valence-corrected chi connectivity index (χ2v) is 6.69. The smallest absolute Gasteiger partial charge is 0.238 e. The van der Waals surface area contributed by atoms with Crippen LogP contribution in [-0.4, -0.2) is 30.7 Å². The highest BCUT2D eigenvalue weighted by Gasteiger charge is 2.47. The SMILES string of the molecule is CCCCCCOCCC1CCCC1(NC(C)C)C(N)=O. The van der Waals surface area contributed by atoms with Crippen LogP contribution < -0.4 is 11.1 Å². The zero-order valence-electron chi connectivity index (χ0n) is 14.1. The molecule has 0 spiro atoms. The summed E-state index contributed by atoms with van der Waals surface area (Å²) in [5.41, 5.74) is 5.20. The number of nitrogens with one attached hydrogen (secondary N) is 1. The number of amides is 1. The average Bonchev–Trinajstić information content (AvgIpc) is 2.81. The minimum Gasteiger partial charge on any atom is -0.381 e. The number of unbranched alkanes of at least 4 members (excludes halogenated alkanes) is 3. The Kier molecular flexibility index (Phi) is 8.27. The molecular formula is C17H34N2O2. The van der Waals surface area contributed by atoms with E-state index in [4.69, 9.17) is 10.5 Å². The standard InChI is InChI=1S/C17H34N2O2/c1-4-5-6-7-12-21-13-10-15-9-8-11-17(15,16(18)20)19-14(2)3/h14-15,19H,4-13H2,1-3H3,(H2,18,20). The first-order valence-corrected chi connectivity index (χ1v) is 8.68. The van der Waals surface area contributed by atoms with Crippen LogP contribution in [0.1, 0.15) is 72.1 Å². The largest absolute Gasteiger partial charge is 0.381 e. The molecule has 0 radical (unpaired) electrons. The molecule has 1 amide bonds. The topological polar surface area (TPSA) is 64.3 Å². The first-order chi connectivity index (χ1) is 10.0. The molecule has 0 aliphatic heterocycles. The second kappa shape index (κ2) is 9.42. The minimum absolute atomic E-state index is 0.193. The predicted octanol–water partition coefficient (Wildman–Crippen LogP) is 3.00. The summed E-state index contributed by atoms with van der Waals surface area (Å²) in [6.45, 7) is 7.94. The van der Waals surface area contributed by atoms with Crippen molar-refractivity contribution in [2.45, 2.75) is 83.7 Å². The number of rotatable bonds is 11. The molecule has 4 nitrogen and oxygen atoms in total. The van der Waals surface area contributed by atoms with Gasteiger partial charge in [-0.2, -0.15) is 0 Å². The fourth-order valence-corrected chi connectivity index (χ4v) is 3.53. The number of carbonyl (C=O) groups is 1. The van der Waals surface area contributed by atoms with E-state index in [0.29, 0.717) is 5.92 Å². The molecule has 124 valence electrons. The van der Waals surface area contributed by atoms with Crippen LogP contribution in [0.3, 0.4) is 0 Å². The molecule has 21 heavy (non-hydrogen) atoms. The molecule has 1 aliphatic carbocycles. The second-order valence-electron chi connectivity index (χ2n) is 6.69. The normalized spacial score (nSPS) is 25.6. The number of carbonyl (C=O) groups excluding carboxylic acids is 1. The van der Waals surface area contributed by atoms with Gasteiger partial charge in [0, 0.05) is 19.3 Å². The van der Waals surface area contributed by atoms with Crippen LogP contribution in [0.5, 0.6) is 0 Å². The van der Waals surface area contributed by atoms with E-state index in [-0.39, 0.29) is 11.9 Å². The number of primary amides is 1. The van der Waals surface area contributed by atoms with Crippen LogP contribution in [0.25, 0.3) is 0 Å². The first-order valence-electron chi connectivity index (χ1n) is 8.68. The van der Waals surface area contributed by atoms with Crippen molar-refractivity contribution in [2.75, 3.05) is 13.2 Å². The summed E-state index contributed by atoms with van der Waals surface area (Å²) in [6.07, 6.45) is 8.87. The van der Waals surface area contributed by atoms with Crippen molar-refractivity contribution >= 4 is 5.91 Å². The summed E-state index contributed by atoms with van der Waals surface area (Å²) >= 11 is 0. The molecule has 0 aromatic rings. The van der Waals surface area contributed by atoms with Gasteiger partial charge in [0.1, 0.15) is 5.54 Å². The molecule has 2 unspecified atom stereocenters. The molecule has 0 heterocycles. The van der Waals surface area contributed by atoms with Crippen molar-refractivity contribution in [2.24, 2.45) is 11.7 Å². The Bertz CT molecular complexity index is 307. The van der Waals surface area contributed by atoms with E-state index in [9.17, 15) is 4.79 Å². The summed E-state index contributed by atoms with van der Waals surface area (Å²) < 4.78 is 5.74. The van der Waals surface area contributed by atoms with Crippen molar-refractivity contribution in [1.82, 2.24) is 5.32 Å². The Labute approximate surface area is 130 Å². The van der Waals surface area contributed by atoms with Crippen molar-refractivity contribution in [3.05, 3.63) is 0 Å². The molecule has 4 heteroatoms. The molecule has 3 N–H and O–H groups in total. The van der Waals surface area contributed by atoms with Gasteiger partial charge in [-0.1, -0.05) is 32.6 Å². The predicted molar refractivity (Wildman–Crippen MR) is 87.1 cm³/mol. The summed E-state index contributed by atoms with van der Waals surface area (Å²) in [6, 6.07) is 0.271. The number of hydrogen-bond acceptors (Lipinski definition) is 3. The van der Waals surface area contributed by atoms with Crippen LogP contribution >= 0.6 is 0 Å². The molecule has 1 aliphatic rings.